The first-order chi connectivity index (χ1) is 16.5. The van der Waals surface area contributed by atoms with E-state index in [1.807, 2.05) is 19.9 Å². The van der Waals surface area contributed by atoms with Crippen LogP contribution in [0.25, 0.3) is 5.69 Å². The second kappa shape index (κ2) is 9.62. The zero-order valence-electron chi connectivity index (χ0n) is 21.3. The number of hydrogen-bond acceptors (Lipinski definition) is 5. The van der Waals surface area contributed by atoms with Gasteiger partial charge in [0.25, 0.3) is 5.91 Å². The first-order valence-corrected chi connectivity index (χ1v) is 13.5. The molecule has 0 saturated carbocycles. The number of carbonyl (C=O) groups excluding carboxylic acids is 1. The third-order valence-corrected chi connectivity index (χ3v) is 8.93. The predicted octanol–water partition coefficient (Wildman–Crippen LogP) is 4.36. The van der Waals surface area contributed by atoms with Crippen molar-refractivity contribution in [1.82, 2.24) is 18.9 Å². The lowest BCUT2D eigenvalue weighted by Crippen LogP contribution is -2.37. The lowest BCUT2D eigenvalue weighted by Gasteiger charge is -2.22. The molecule has 0 bridgehead atoms. The van der Waals surface area contributed by atoms with Crippen molar-refractivity contribution in [3.8, 4) is 5.69 Å². The smallest absolute Gasteiger partial charge is 0.255 e. The number of aryl methyl sites for hydroxylation is 3. The zero-order chi connectivity index (χ0) is 25.5. The lowest BCUT2D eigenvalue weighted by atomic mass is 10.0. The minimum Gasteiger partial charge on any atom is -0.360 e. The maximum Gasteiger partial charge on any atom is 0.255 e. The summed E-state index contributed by atoms with van der Waals surface area (Å²) in [5.41, 5.74) is 5.17. The van der Waals surface area contributed by atoms with Gasteiger partial charge in [0.1, 0.15) is 10.6 Å². The number of hydrogen-bond donors (Lipinski definition) is 0. The molecule has 0 spiro atoms. The lowest BCUT2D eigenvalue weighted by molar-refractivity contribution is 0.0763. The van der Waals surface area contributed by atoms with Crippen molar-refractivity contribution < 1.29 is 17.7 Å². The molecule has 4 rings (SSSR count). The van der Waals surface area contributed by atoms with Crippen molar-refractivity contribution in [2.45, 2.75) is 58.8 Å². The molecule has 2 aromatic heterocycles. The molecule has 1 saturated heterocycles. The van der Waals surface area contributed by atoms with E-state index in [-0.39, 0.29) is 23.1 Å². The highest BCUT2D eigenvalue weighted by Crippen LogP contribution is 2.26. The predicted molar refractivity (Wildman–Crippen MR) is 135 cm³/mol. The largest absolute Gasteiger partial charge is 0.360 e. The Morgan fingerprint density at radius 2 is 1.69 bits per heavy atom. The van der Waals surface area contributed by atoms with E-state index in [2.05, 4.69) is 47.8 Å². The molecular formula is C26H34N4O4S. The van der Waals surface area contributed by atoms with Crippen LogP contribution in [0.1, 0.15) is 64.9 Å². The van der Waals surface area contributed by atoms with E-state index in [1.165, 1.54) is 9.87 Å². The Hall–Kier alpha value is -2.91. The number of rotatable bonds is 5. The summed E-state index contributed by atoms with van der Waals surface area (Å²) in [5.74, 6) is 0.672. The highest BCUT2D eigenvalue weighted by Gasteiger charge is 2.33. The summed E-state index contributed by atoms with van der Waals surface area (Å²) in [6.45, 7) is 12.9. The molecule has 1 aromatic carbocycles. The quantitative estimate of drug-likeness (QED) is 0.522. The molecule has 1 fully saturated rings. The van der Waals surface area contributed by atoms with Gasteiger partial charge in [0.2, 0.25) is 10.0 Å². The van der Waals surface area contributed by atoms with E-state index in [0.717, 1.165) is 17.1 Å². The number of carbonyl (C=O) groups is 1. The SMILES string of the molecule is Cc1noc(C)c1S(=O)(=O)N1CCCN(C(=O)c2cc(C)n(-c3ccc(C(C)C)cc3)c2C)CC1. The van der Waals surface area contributed by atoms with Crippen LogP contribution in [0.2, 0.25) is 0 Å². The molecule has 0 unspecified atom stereocenters. The minimum absolute atomic E-state index is 0.0697. The van der Waals surface area contributed by atoms with Crippen molar-refractivity contribution >= 4 is 15.9 Å². The Balaban J connectivity index is 1.54. The third kappa shape index (κ3) is 4.67. The molecule has 35 heavy (non-hydrogen) atoms. The number of nitrogens with zero attached hydrogens (tertiary/aromatic N) is 4. The van der Waals surface area contributed by atoms with Crippen LogP contribution in [0.5, 0.6) is 0 Å². The number of amides is 1. The van der Waals surface area contributed by atoms with Crippen molar-refractivity contribution in [3.63, 3.8) is 0 Å². The molecule has 3 heterocycles. The van der Waals surface area contributed by atoms with Crippen LogP contribution in [-0.2, 0) is 10.0 Å². The molecule has 8 nitrogen and oxygen atoms in total. The molecule has 1 aliphatic rings. The van der Waals surface area contributed by atoms with E-state index >= 15 is 0 Å². The van der Waals surface area contributed by atoms with Gasteiger partial charge in [-0.05, 0) is 63.8 Å². The fraction of sp³-hybridized carbons (Fsp3) is 0.462. The average Bonchev–Trinajstić information content (AvgIpc) is 3.17. The Bertz CT molecular complexity index is 1320. The Morgan fingerprint density at radius 1 is 1.00 bits per heavy atom. The second-order valence-electron chi connectivity index (χ2n) is 9.57. The summed E-state index contributed by atoms with van der Waals surface area (Å²) in [7, 11) is -3.74. The monoisotopic (exact) mass is 498 g/mol. The molecule has 188 valence electrons. The Kier molecular flexibility index (Phi) is 6.92. The topological polar surface area (TPSA) is 88.7 Å². The maximum atomic E-state index is 13.5. The molecule has 3 aromatic rings. The Labute approximate surface area is 207 Å². The molecule has 1 aliphatic heterocycles. The van der Waals surface area contributed by atoms with Crippen LogP contribution >= 0.6 is 0 Å². The van der Waals surface area contributed by atoms with Crippen LogP contribution in [0.4, 0.5) is 0 Å². The minimum atomic E-state index is -3.74. The highest BCUT2D eigenvalue weighted by molar-refractivity contribution is 7.89. The van der Waals surface area contributed by atoms with Gasteiger partial charge in [-0.3, -0.25) is 4.79 Å². The third-order valence-electron chi connectivity index (χ3n) is 6.79. The average molecular weight is 499 g/mol. The van der Waals surface area contributed by atoms with Gasteiger partial charge < -0.3 is 14.0 Å². The van der Waals surface area contributed by atoms with Crippen LogP contribution in [0, 0.1) is 27.7 Å². The first-order valence-electron chi connectivity index (χ1n) is 12.0. The van der Waals surface area contributed by atoms with E-state index in [1.54, 1.807) is 18.7 Å². The van der Waals surface area contributed by atoms with E-state index in [0.29, 0.717) is 43.2 Å². The number of aromatic nitrogens is 2. The van der Waals surface area contributed by atoms with Crippen molar-refractivity contribution in [2.75, 3.05) is 26.2 Å². The van der Waals surface area contributed by atoms with Gasteiger partial charge in [-0.25, -0.2) is 8.42 Å². The van der Waals surface area contributed by atoms with Crippen molar-refractivity contribution in [1.29, 1.82) is 0 Å². The summed E-state index contributed by atoms with van der Waals surface area (Å²) in [4.78, 5) is 15.4. The highest BCUT2D eigenvalue weighted by atomic mass is 32.2. The van der Waals surface area contributed by atoms with Crippen LogP contribution in [0.15, 0.2) is 39.8 Å². The molecular weight excluding hydrogens is 464 g/mol. The van der Waals surface area contributed by atoms with Crippen molar-refractivity contribution in [3.05, 3.63) is 64.3 Å². The van der Waals surface area contributed by atoms with Gasteiger partial charge in [-0.2, -0.15) is 4.31 Å². The summed E-state index contributed by atoms with van der Waals surface area (Å²) >= 11 is 0. The van der Waals surface area contributed by atoms with Crippen LogP contribution in [0.3, 0.4) is 0 Å². The summed E-state index contributed by atoms with van der Waals surface area (Å²) in [6.07, 6.45) is 0.559. The molecule has 0 aliphatic carbocycles. The maximum absolute atomic E-state index is 13.5. The fourth-order valence-corrected chi connectivity index (χ4v) is 6.63. The van der Waals surface area contributed by atoms with Gasteiger partial charge in [0.15, 0.2) is 5.76 Å². The fourth-order valence-electron chi connectivity index (χ4n) is 4.86. The van der Waals surface area contributed by atoms with Gasteiger partial charge in [-0.15, -0.1) is 0 Å². The number of benzene rings is 1. The molecule has 0 N–H and O–H groups in total. The van der Waals surface area contributed by atoms with Gasteiger partial charge in [0.05, 0.1) is 5.56 Å². The Morgan fingerprint density at radius 3 is 2.29 bits per heavy atom. The van der Waals surface area contributed by atoms with Gasteiger partial charge >= 0.3 is 0 Å². The van der Waals surface area contributed by atoms with E-state index < -0.39 is 10.0 Å². The van der Waals surface area contributed by atoms with Crippen LogP contribution < -0.4 is 0 Å². The number of sulfonamides is 1. The second-order valence-corrected chi connectivity index (χ2v) is 11.4. The summed E-state index contributed by atoms with van der Waals surface area (Å²) in [5, 5.41) is 3.79. The van der Waals surface area contributed by atoms with Crippen molar-refractivity contribution in [2.24, 2.45) is 0 Å². The van der Waals surface area contributed by atoms with Crippen LogP contribution in [-0.4, -0.2) is 59.4 Å². The molecule has 9 heteroatoms. The van der Waals surface area contributed by atoms with Gasteiger partial charge in [-0.1, -0.05) is 31.1 Å². The molecule has 0 radical (unpaired) electrons. The first kappa shape index (κ1) is 25.2. The van der Waals surface area contributed by atoms with E-state index in [4.69, 9.17) is 4.52 Å². The summed E-state index contributed by atoms with van der Waals surface area (Å²) in [6, 6.07) is 10.4. The van der Waals surface area contributed by atoms with Gasteiger partial charge in [0, 0.05) is 43.3 Å². The zero-order valence-corrected chi connectivity index (χ0v) is 22.1. The molecule has 1 amide bonds. The molecule has 0 atom stereocenters. The summed E-state index contributed by atoms with van der Waals surface area (Å²) < 4.78 is 35.1. The van der Waals surface area contributed by atoms with E-state index in [9.17, 15) is 13.2 Å². The normalized spacial score (nSPS) is 15.6. The standard InChI is InChI=1S/C26H34N4O4S/c1-17(2)22-8-10-23(11-9-22)30-18(3)16-24(20(30)5)26(31)28-12-7-13-29(15-14-28)35(32,33)25-19(4)27-34-21(25)6/h8-11,16-17H,7,12-15H2,1-6H3.